The van der Waals surface area contributed by atoms with Crippen LogP contribution in [0.4, 0.5) is 13.2 Å². The fourth-order valence-electron chi connectivity index (χ4n) is 3.51. The van der Waals surface area contributed by atoms with Crippen molar-refractivity contribution in [2.45, 2.75) is 18.5 Å². The molecule has 0 spiro atoms. The van der Waals surface area contributed by atoms with Crippen molar-refractivity contribution in [2.24, 2.45) is 0 Å². The number of hydrogen-bond donors (Lipinski definition) is 0. The Morgan fingerprint density at radius 1 is 0.852 bits per heavy atom. The first-order valence-corrected chi connectivity index (χ1v) is 9.09. The van der Waals surface area contributed by atoms with E-state index in [1.165, 1.54) is 4.90 Å². The summed E-state index contributed by atoms with van der Waals surface area (Å²) < 4.78 is 37.6. The lowest BCUT2D eigenvalue weighted by Crippen LogP contribution is -2.51. The number of halogens is 3. The highest BCUT2D eigenvalue weighted by atomic mass is 19.4. The molecule has 1 fully saturated rings. The standard InChI is InChI=1S/C21H23F3N2O/c22-21(23,24)16-25-11-13-26(14-12-25)20(27)15-19(17-7-3-1-4-8-17)18-9-5-2-6-10-18/h1-10,19H,11-16H2. The number of piperazine rings is 1. The maximum atomic E-state index is 12.8. The Morgan fingerprint density at radius 3 is 1.78 bits per heavy atom. The average Bonchev–Trinajstić information content (AvgIpc) is 2.66. The molecule has 1 aliphatic rings. The molecule has 0 N–H and O–H groups in total. The van der Waals surface area contributed by atoms with Crippen molar-refractivity contribution in [3.63, 3.8) is 0 Å². The van der Waals surface area contributed by atoms with Gasteiger partial charge in [-0.1, -0.05) is 60.7 Å². The molecule has 27 heavy (non-hydrogen) atoms. The molecule has 6 heteroatoms. The van der Waals surface area contributed by atoms with Gasteiger partial charge in [0.05, 0.1) is 6.54 Å². The highest BCUT2D eigenvalue weighted by Gasteiger charge is 2.33. The smallest absolute Gasteiger partial charge is 0.340 e. The van der Waals surface area contributed by atoms with Gasteiger partial charge in [0.1, 0.15) is 0 Å². The summed E-state index contributed by atoms with van der Waals surface area (Å²) in [5, 5.41) is 0. The van der Waals surface area contributed by atoms with Crippen LogP contribution in [-0.4, -0.2) is 54.6 Å². The number of carbonyl (C=O) groups is 1. The maximum absolute atomic E-state index is 12.8. The molecule has 0 radical (unpaired) electrons. The summed E-state index contributed by atoms with van der Waals surface area (Å²) >= 11 is 0. The quantitative estimate of drug-likeness (QED) is 0.790. The van der Waals surface area contributed by atoms with Crippen LogP contribution >= 0.6 is 0 Å². The second-order valence-corrected chi connectivity index (χ2v) is 6.85. The van der Waals surface area contributed by atoms with E-state index in [1.807, 2.05) is 60.7 Å². The Hall–Kier alpha value is -2.34. The normalized spacial score (nSPS) is 15.9. The van der Waals surface area contributed by atoms with E-state index in [1.54, 1.807) is 4.90 Å². The molecule has 3 rings (SSSR count). The first kappa shape index (κ1) is 19.4. The molecule has 1 aliphatic heterocycles. The summed E-state index contributed by atoms with van der Waals surface area (Å²) in [6.45, 7) is 0.279. The second-order valence-electron chi connectivity index (χ2n) is 6.85. The van der Waals surface area contributed by atoms with Crippen LogP contribution < -0.4 is 0 Å². The Labute approximate surface area is 157 Å². The Bertz CT molecular complexity index is 687. The number of alkyl halides is 3. The van der Waals surface area contributed by atoms with Crippen molar-refractivity contribution in [3.05, 3.63) is 71.8 Å². The first-order valence-electron chi connectivity index (χ1n) is 9.09. The Kier molecular flexibility index (Phi) is 6.16. The molecule has 144 valence electrons. The predicted octanol–water partition coefficient (Wildman–Crippen LogP) is 3.92. The third-order valence-corrected chi connectivity index (χ3v) is 4.91. The van der Waals surface area contributed by atoms with Crippen molar-refractivity contribution >= 4 is 5.91 Å². The average molecular weight is 376 g/mol. The number of benzene rings is 2. The van der Waals surface area contributed by atoms with Gasteiger partial charge in [0, 0.05) is 38.5 Å². The van der Waals surface area contributed by atoms with Crippen LogP contribution in [0.5, 0.6) is 0 Å². The van der Waals surface area contributed by atoms with Gasteiger partial charge in [-0.2, -0.15) is 13.2 Å². The van der Waals surface area contributed by atoms with Gasteiger partial charge in [-0.25, -0.2) is 0 Å². The van der Waals surface area contributed by atoms with Crippen LogP contribution in [0.15, 0.2) is 60.7 Å². The number of carbonyl (C=O) groups excluding carboxylic acids is 1. The van der Waals surface area contributed by atoms with Crippen LogP contribution in [-0.2, 0) is 4.79 Å². The van der Waals surface area contributed by atoms with E-state index >= 15 is 0 Å². The van der Waals surface area contributed by atoms with Crippen molar-refractivity contribution in [1.29, 1.82) is 0 Å². The topological polar surface area (TPSA) is 23.6 Å². The Balaban J connectivity index is 1.66. The van der Waals surface area contributed by atoms with E-state index in [0.717, 1.165) is 11.1 Å². The predicted molar refractivity (Wildman–Crippen MR) is 98.4 cm³/mol. The molecular formula is C21H23F3N2O. The van der Waals surface area contributed by atoms with Gasteiger partial charge in [0.25, 0.3) is 0 Å². The minimum atomic E-state index is -4.20. The fraction of sp³-hybridized carbons (Fsp3) is 0.381. The fourth-order valence-corrected chi connectivity index (χ4v) is 3.51. The molecule has 3 nitrogen and oxygen atoms in total. The van der Waals surface area contributed by atoms with Crippen molar-refractivity contribution in [2.75, 3.05) is 32.7 Å². The number of hydrogen-bond acceptors (Lipinski definition) is 2. The van der Waals surface area contributed by atoms with Crippen LogP contribution in [0.3, 0.4) is 0 Å². The van der Waals surface area contributed by atoms with Crippen molar-refractivity contribution < 1.29 is 18.0 Å². The van der Waals surface area contributed by atoms with E-state index in [4.69, 9.17) is 0 Å². The SMILES string of the molecule is O=C(CC(c1ccccc1)c1ccccc1)N1CCN(CC(F)(F)F)CC1. The molecule has 1 heterocycles. The van der Waals surface area contributed by atoms with Crippen LogP contribution in [0, 0.1) is 0 Å². The van der Waals surface area contributed by atoms with Gasteiger partial charge >= 0.3 is 6.18 Å². The van der Waals surface area contributed by atoms with Gasteiger partial charge in [-0.15, -0.1) is 0 Å². The molecule has 1 saturated heterocycles. The van der Waals surface area contributed by atoms with Gasteiger partial charge in [-0.05, 0) is 11.1 Å². The summed E-state index contributed by atoms with van der Waals surface area (Å²) in [6, 6.07) is 19.7. The highest BCUT2D eigenvalue weighted by Crippen LogP contribution is 2.29. The zero-order valence-electron chi connectivity index (χ0n) is 15.0. The number of rotatable bonds is 5. The molecule has 0 unspecified atom stereocenters. The van der Waals surface area contributed by atoms with Gasteiger partial charge in [0.2, 0.25) is 5.91 Å². The second kappa shape index (κ2) is 8.57. The minimum Gasteiger partial charge on any atom is -0.340 e. The number of nitrogens with zero attached hydrogens (tertiary/aromatic N) is 2. The minimum absolute atomic E-state index is 0.0145. The zero-order chi connectivity index (χ0) is 19.3. The molecule has 0 bridgehead atoms. The molecule has 2 aromatic carbocycles. The van der Waals surface area contributed by atoms with Crippen LogP contribution in [0.2, 0.25) is 0 Å². The van der Waals surface area contributed by atoms with Gasteiger partial charge in [0.15, 0.2) is 0 Å². The molecule has 0 aliphatic carbocycles. The van der Waals surface area contributed by atoms with E-state index in [-0.39, 0.29) is 24.9 Å². The zero-order valence-corrected chi connectivity index (χ0v) is 15.0. The van der Waals surface area contributed by atoms with E-state index in [0.29, 0.717) is 19.5 Å². The summed E-state index contributed by atoms with van der Waals surface area (Å²) in [7, 11) is 0. The van der Waals surface area contributed by atoms with Crippen molar-refractivity contribution in [1.82, 2.24) is 9.80 Å². The van der Waals surface area contributed by atoms with Crippen LogP contribution in [0.1, 0.15) is 23.5 Å². The van der Waals surface area contributed by atoms with Crippen molar-refractivity contribution in [3.8, 4) is 0 Å². The Morgan fingerprint density at radius 2 is 1.33 bits per heavy atom. The van der Waals surface area contributed by atoms with E-state index < -0.39 is 12.7 Å². The van der Waals surface area contributed by atoms with Gasteiger partial charge in [-0.3, -0.25) is 9.69 Å². The molecule has 2 aromatic rings. The lowest BCUT2D eigenvalue weighted by Gasteiger charge is -2.35. The first-order chi connectivity index (χ1) is 12.9. The monoisotopic (exact) mass is 376 g/mol. The molecule has 0 atom stereocenters. The molecule has 0 aromatic heterocycles. The lowest BCUT2D eigenvalue weighted by atomic mass is 9.88. The summed E-state index contributed by atoms with van der Waals surface area (Å²) in [4.78, 5) is 15.9. The summed E-state index contributed by atoms with van der Waals surface area (Å²) in [5.74, 6) is -0.0764. The number of amides is 1. The maximum Gasteiger partial charge on any atom is 0.401 e. The van der Waals surface area contributed by atoms with Gasteiger partial charge < -0.3 is 4.90 Å². The van der Waals surface area contributed by atoms with Crippen LogP contribution in [0.25, 0.3) is 0 Å². The highest BCUT2D eigenvalue weighted by molar-refractivity contribution is 5.78. The van der Waals surface area contributed by atoms with E-state index in [9.17, 15) is 18.0 Å². The summed E-state index contributed by atoms with van der Waals surface area (Å²) in [5.41, 5.74) is 2.13. The summed E-state index contributed by atoms with van der Waals surface area (Å²) in [6.07, 6.45) is -3.88. The molecular weight excluding hydrogens is 353 g/mol. The van der Waals surface area contributed by atoms with E-state index in [2.05, 4.69) is 0 Å². The lowest BCUT2D eigenvalue weighted by molar-refractivity contribution is -0.151. The largest absolute Gasteiger partial charge is 0.401 e. The third-order valence-electron chi connectivity index (χ3n) is 4.91. The molecule has 1 amide bonds. The molecule has 0 saturated carbocycles. The third kappa shape index (κ3) is 5.57.